The number of aryl methyl sites for hydroxylation is 1. The molecule has 0 saturated carbocycles. The first kappa shape index (κ1) is 24.4. The SMILES string of the molecule is CCN(CC)CCCNC(=O)c1nn2c(c1Cl)N[C@H](c1ccc(C)cc1)C[C@@H]2C(F)(F)F. The van der Waals surface area contributed by atoms with Gasteiger partial charge < -0.3 is 15.5 Å². The van der Waals surface area contributed by atoms with Crippen molar-refractivity contribution in [3.05, 3.63) is 46.1 Å². The van der Waals surface area contributed by atoms with E-state index >= 15 is 0 Å². The Balaban J connectivity index is 1.80. The smallest absolute Gasteiger partial charge is 0.362 e. The molecule has 2 atom stereocenters. The maximum absolute atomic E-state index is 13.9. The number of rotatable bonds is 8. The lowest BCUT2D eigenvalue weighted by Crippen LogP contribution is -2.36. The second-order valence-corrected chi connectivity index (χ2v) is 8.37. The predicted octanol–water partition coefficient (Wildman–Crippen LogP) is 4.97. The summed E-state index contributed by atoms with van der Waals surface area (Å²) in [5, 5.41) is 9.64. The number of amides is 1. The summed E-state index contributed by atoms with van der Waals surface area (Å²) in [6, 6.07) is 4.81. The van der Waals surface area contributed by atoms with Crippen LogP contribution in [0.4, 0.5) is 19.0 Å². The first-order valence-corrected chi connectivity index (χ1v) is 11.2. The number of aromatic nitrogens is 2. The van der Waals surface area contributed by atoms with E-state index in [4.69, 9.17) is 11.6 Å². The van der Waals surface area contributed by atoms with E-state index in [0.717, 1.165) is 41.9 Å². The van der Waals surface area contributed by atoms with Crippen molar-refractivity contribution in [2.24, 2.45) is 0 Å². The maximum atomic E-state index is 13.9. The standard InChI is InChI=1S/C22H29ClF3N5O/c1-4-30(5-2)12-6-11-27-21(32)19-18(23)20-28-16(15-9-7-14(3)8-10-15)13-17(22(24,25)26)31(20)29-19/h7-10,16-17,28H,4-6,11-13H2,1-3H3,(H,27,32)/t16-,17+/m0/s1. The molecule has 2 aromatic rings. The molecule has 0 saturated heterocycles. The summed E-state index contributed by atoms with van der Waals surface area (Å²) in [6.45, 7) is 9.06. The molecular weight excluding hydrogens is 443 g/mol. The van der Waals surface area contributed by atoms with Crippen LogP contribution in [0.5, 0.6) is 0 Å². The molecule has 0 fully saturated rings. The zero-order valence-electron chi connectivity index (χ0n) is 18.5. The molecule has 1 aliphatic heterocycles. The van der Waals surface area contributed by atoms with Gasteiger partial charge in [-0.15, -0.1) is 0 Å². The molecule has 1 aliphatic rings. The van der Waals surface area contributed by atoms with E-state index in [0.29, 0.717) is 6.54 Å². The number of carbonyl (C=O) groups is 1. The quantitative estimate of drug-likeness (QED) is 0.534. The summed E-state index contributed by atoms with van der Waals surface area (Å²) >= 11 is 6.36. The number of fused-ring (bicyclic) bond motifs is 1. The van der Waals surface area contributed by atoms with Crippen LogP contribution in [-0.4, -0.2) is 52.9 Å². The summed E-state index contributed by atoms with van der Waals surface area (Å²) in [7, 11) is 0. The Hall–Kier alpha value is -2.26. The summed E-state index contributed by atoms with van der Waals surface area (Å²) in [5.41, 5.74) is 1.53. The van der Waals surface area contributed by atoms with Crippen molar-refractivity contribution >= 4 is 23.3 Å². The van der Waals surface area contributed by atoms with Crippen molar-refractivity contribution < 1.29 is 18.0 Å². The summed E-state index contributed by atoms with van der Waals surface area (Å²) in [4.78, 5) is 14.8. The average molecular weight is 472 g/mol. The highest BCUT2D eigenvalue weighted by molar-refractivity contribution is 6.36. The van der Waals surface area contributed by atoms with Crippen LogP contribution >= 0.6 is 11.6 Å². The molecule has 0 spiro atoms. The minimum absolute atomic E-state index is 0.0131. The minimum atomic E-state index is -4.54. The topological polar surface area (TPSA) is 62.2 Å². The summed E-state index contributed by atoms with van der Waals surface area (Å²) in [6.07, 6.45) is -4.06. The third-order valence-electron chi connectivity index (χ3n) is 5.82. The lowest BCUT2D eigenvalue weighted by atomic mass is 9.96. The van der Waals surface area contributed by atoms with Crippen LogP contribution in [0.3, 0.4) is 0 Å². The first-order chi connectivity index (χ1) is 15.2. The van der Waals surface area contributed by atoms with Crippen LogP contribution in [-0.2, 0) is 0 Å². The van der Waals surface area contributed by atoms with Crippen molar-refractivity contribution in [1.29, 1.82) is 0 Å². The Kier molecular flexibility index (Phi) is 7.71. The van der Waals surface area contributed by atoms with Gasteiger partial charge >= 0.3 is 6.18 Å². The van der Waals surface area contributed by atoms with Crippen molar-refractivity contribution in [3.63, 3.8) is 0 Å². The number of alkyl halides is 3. The normalized spacial score (nSPS) is 18.4. The van der Waals surface area contributed by atoms with E-state index < -0.39 is 24.2 Å². The number of anilines is 1. The maximum Gasteiger partial charge on any atom is 0.410 e. The number of halogens is 4. The fourth-order valence-corrected chi connectivity index (χ4v) is 4.14. The van der Waals surface area contributed by atoms with E-state index in [-0.39, 0.29) is 23.0 Å². The van der Waals surface area contributed by atoms with E-state index in [1.165, 1.54) is 0 Å². The number of carbonyl (C=O) groups excluding carboxylic acids is 1. The van der Waals surface area contributed by atoms with E-state index in [2.05, 4.69) is 34.5 Å². The van der Waals surface area contributed by atoms with Crippen LogP contribution in [0.25, 0.3) is 0 Å². The van der Waals surface area contributed by atoms with Gasteiger partial charge in [-0.2, -0.15) is 18.3 Å². The van der Waals surface area contributed by atoms with E-state index in [9.17, 15) is 18.0 Å². The van der Waals surface area contributed by atoms with Gasteiger partial charge in [-0.1, -0.05) is 55.3 Å². The molecular formula is C22H29ClF3N5O. The van der Waals surface area contributed by atoms with Crippen molar-refractivity contribution in [2.75, 3.05) is 31.5 Å². The zero-order chi connectivity index (χ0) is 23.5. The van der Waals surface area contributed by atoms with Gasteiger partial charge in [0.1, 0.15) is 10.8 Å². The summed E-state index contributed by atoms with van der Waals surface area (Å²) in [5.74, 6) is -0.565. The van der Waals surface area contributed by atoms with Gasteiger partial charge in [-0.3, -0.25) is 4.79 Å². The van der Waals surface area contributed by atoms with E-state index in [1.54, 1.807) is 12.1 Å². The molecule has 0 bridgehead atoms. The lowest BCUT2D eigenvalue weighted by molar-refractivity contribution is -0.173. The largest absolute Gasteiger partial charge is 0.410 e. The lowest BCUT2D eigenvalue weighted by Gasteiger charge is -2.33. The van der Waals surface area contributed by atoms with Crippen LogP contribution < -0.4 is 10.6 Å². The van der Waals surface area contributed by atoms with Crippen LogP contribution in [0.1, 0.15) is 60.4 Å². The van der Waals surface area contributed by atoms with Crippen LogP contribution in [0, 0.1) is 6.92 Å². The Morgan fingerprint density at radius 1 is 1.28 bits per heavy atom. The molecule has 2 N–H and O–H groups in total. The van der Waals surface area contributed by atoms with Crippen LogP contribution in [0.2, 0.25) is 5.02 Å². The molecule has 0 radical (unpaired) electrons. The van der Waals surface area contributed by atoms with Crippen molar-refractivity contribution in [2.45, 2.75) is 51.9 Å². The molecule has 2 heterocycles. The Labute approximate surface area is 191 Å². The van der Waals surface area contributed by atoms with Gasteiger partial charge in [-0.05, 0) is 38.5 Å². The van der Waals surface area contributed by atoms with Gasteiger partial charge in [0.15, 0.2) is 11.7 Å². The number of hydrogen-bond donors (Lipinski definition) is 2. The molecule has 3 rings (SSSR count). The fraction of sp³-hybridized carbons (Fsp3) is 0.545. The van der Waals surface area contributed by atoms with Crippen LogP contribution in [0.15, 0.2) is 24.3 Å². The zero-order valence-corrected chi connectivity index (χ0v) is 19.2. The Bertz CT molecular complexity index is 925. The highest BCUT2D eigenvalue weighted by Gasteiger charge is 2.47. The number of nitrogens with one attached hydrogen (secondary N) is 2. The molecule has 10 heteroatoms. The third-order valence-corrected chi connectivity index (χ3v) is 6.18. The van der Waals surface area contributed by atoms with Crippen molar-refractivity contribution in [3.8, 4) is 0 Å². The summed E-state index contributed by atoms with van der Waals surface area (Å²) < 4.78 is 42.4. The second kappa shape index (κ2) is 10.1. The number of benzene rings is 1. The third kappa shape index (κ3) is 5.38. The van der Waals surface area contributed by atoms with Gasteiger partial charge in [0.25, 0.3) is 5.91 Å². The molecule has 32 heavy (non-hydrogen) atoms. The molecule has 1 aromatic carbocycles. The molecule has 0 unspecified atom stereocenters. The highest BCUT2D eigenvalue weighted by atomic mass is 35.5. The van der Waals surface area contributed by atoms with Gasteiger partial charge in [-0.25, -0.2) is 4.68 Å². The fourth-order valence-electron chi connectivity index (χ4n) is 3.88. The second-order valence-electron chi connectivity index (χ2n) is 7.99. The molecule has 1 aromatic heterocycles. The minimum Gasteiger partial charge on any atom is -0.362 e. The number of hydrogen-bond acceptors (Lipinski definition) is 4. The van der Waals surface area contributed by atoms with Gasteiger partial charge in [0.2, 0.25) is 0 Å². The molecule has 1 amide bonds. The van der Waals surface area contributed by atoms with Gasteiger partial charge in [0.05, 0.1) is 6.04 Å². The first-order valence-electron chi connectivity index (χ1n) is 10.8. The Morgan fingerprint density at radius 3 is 2.53 bits per heavy atom. The molecule has 6 nitrogen and oxygen atoms in total. The van der Waals surface area contributed by atoms with Gasteiger partial charge in [0, 0.05) is 13.0 Å². The molecule has 0 aliphatic carbocycles. The molecule has 176 valence electrons. The predicted molar refractivity (Wildman–Crippen MR) is 119 cm³/mol. The number of nitrogens with zero attached hydrogens (tertiary/aromatic N) is 3. The van der Waals surface area contributed by atoms with E-state index in [1.807, 2.05) is 19.1 Å². The average Bonchev–Trinajstić information content (AvgIpc) is 3.09. The Morgan fingerprint density at radius 2 is 1.94 bits per heavy atom. The highest BCUT2D eigenvalue weighted by Crippen LogP contribution is 2.46. The van der Waals surface area contributed by atoms with Crippen molar-refractivity contribution in [1.82, 2.24) is 20.0 Å². The monoisotopic (exact) mass is 471 g/mol.